The van der Waals surface area contributed by atoms with Gasteiger partial charge in [-0.1, -0.05) is 15.9 Å². The van der Waals surface area contributed by atoms with Crippen molar-refractivity contribution in [1.29, 1.82) is 5.26 Å². The number of thioether (sulfide) groups is 1. The van der Waals surface area contributed by atoms with Crippen LogP contribution in [-0.4, -0.2) is 17.5 Å². The topological polar surface area (TPSA) is 35.8 Å². The fourth-order valence-electron chi connectivity index (χ4n) is 1.79. The average molecular weight is 297 g/mol. The minimum Gasteiger partial charge on any atom is -0.383 e. The normalized spacial score (nSPS) is 19.4. The Morgan fingerprint density at radius 2 is 2.44 bits per heavy atom. The van der Waals surface area contributed by atoms with Crippen molar-refractivity contribution < 1.29 is 0 Å². The molecule has 0 saturated carbocycles. The first-order valence-electron chi connectivity index (χ1n) is 5.35. The number of anilines is 1. The Morgan fingerprint density at radius 3 is 3.12 bits per heavy atom. The second kappa shape index (κ2) is 5.60. The van der Waals surface area contributed by atoms with Crippen LogP contribution in [0.25, 0.3) is 0 Å². The number of hydrogen-bond donors (Lipinski definition) is 1. The van der Waals surface area contributed by atoms with E-state index in [4.69, 9.17) is 5.26 Å². The summed E-state index contributed by atoms with van der Waals surface area (Å²) in [5, 5.41) is 13.1. The van der Waals surface area contributed by atoms with Crippen LogP contribution in [0.3, 0.4) is 0 Å². The zero-order chi connectivity index (χ0) is 11.4. The number of benzene rings is 1. The summed E-state index contributed by atoms with van der Waals surface area (Å²) in [7, 11) is 0. The third kappa shape index (κ3) is 2.93. The molecule has 1 fully saturated rings. The predicted octanol–water partition coefficient (Wildman–Crippen LogP) is 3.63. The summed E-state index contributed by atoms with van der Waals surface area (Å²) < 4.78 is 1.01. The summed E-state index contributed by atoms with van der Waals surface area (Å²) in [6, 6.07) is 7.92. The van der Waals surface area contributed by atoms with Gasteiger partial charge in [-0.25, -0.2) is 0 Å². The minimum absolute atomic E-state index is 0.700. The van der Waals surface area contributed by atoms with E-state index in [1.54, 1.807) is 0 Å². The number of halogens is 1. The summed E-state index contributed by atoms with van der Waals surface area (Å²) in [5.74, 6) is 1.27. The van der Waals surface area contributed by atoms with Gasteiger partial charge in [0.2, 0.25) is 0 Å². The minimum atomic E-state index is 0.700. The van der Waals surface area contributed by atoms with Crippen molar-refractivity contribution in [3.05, 3.63) is 28.2 Å². The molecule has 0 spiro atoms. The van der Waals surface area contributed by atoms with E-state index in [0.29, 0.717) is 10.8 Å². The average Bonchev–Trinajstić information content (AvgIpc) is 2.79. The van der Waals surface area contributed by atoms with Gasteiger partial charge in [-0.05, 0) is 36.8 Å². The third-order valence-electron chi connectivity index (χ3n) is 2.65. The van der Waals surface area contributed by atoms with Crippen LogP contribution in [0, 0.1) is 11.3 Å². The molecule has 16 heavy (non-hydrogen) atoms. The van der Waals surface area contributed by atoms with Gasteiger partial charge in [-0.15, -0.1) is 0 Å². The first-order chi connectivity index (χ1) is 7.79. The highest BCUT2D eigenvalue weighted by Crippen LogP contribution is 2.27. The molecule has 1 unspecified atom stereocenters. The van der Waals surface area contributed by atoms with Gasteiger partial charge >= 0.3 is 0 Å². The van der Waals surface area contributed by atoms with Crippen LogP contribution in [0.5, 0.6) is 0 Å². The van der Waals surface area contributed by atoms with Crippen molar-refractivity contribution in [3.8, 4) is 6.07 Å². The van der Waals surface area contributed by atoms with Gasteiger partial charge in [-0.3, -0.25) is 0 Å². The molecule has 0 aromatic heterocycles. The summed E-state index contributed by atoms with van der Waals surface area (Å²) in [5.41, 5.74) is 1.65. The second-order valence-corrected chi connectivity index (χ2v) is 6.14. The Labute approximate surface area is 109 Å². The van der Waals surface area contributed by atoms with Crippen LogP contribution >= 0.6 is 27.7 Å². The molecule has 0 radical (unpaired) electrons. The molecule has 1 aliphatic heterocycles. The fourth-order valence-corrected chi connectivity index (χ4v) is 3.35. The van der Waals surface area contributed by atoms with Crippen molar-refractivity contribution in [1.82, 2.24) is 0 Å². The van der Waals surface area contributed by atoms with Gasteiger partial charge < -0.3 is 5.32 Å². The quantitative estimate of drug-likeness (QED) is 0.925. The van der Waals surface area contributed by atoms with E-state index in [9.17, 15) is 0 Å². The van der Waals surface area contributed by atoms with Crippen LogP contribution in [0.2, 0.25) is 0 Å². The lowest BCUT2D eigenvalue weighted by Gasteiger charge is -2.12. The number of nitriles is 1. The molecule has 1 aromatic carbocycles. The molecule has 84 valence electrons. The summed E-state index contributed by atoms with van der Waals surface area (Å²) in [4.78, 5) is 0. The van der Waals surface area contributed by atoms with Gasteiger partial charge in [0.1, 0.15) is 6.07 Å². The van der Waals surface area contributed by atoms with E-state index in [1.807, 2.05) is 30.0 Å². The molecule has 0 aliphatic carbocycles. The van der Waals surface area contributed by atoms with E-state index in [-0.39, 0.29) is 0 Å². The van der Waals surface area contributed by atoms with Crippen molar-refractivity contribution in [2.45, 2.75) is 18.1 Å². The molecule has 2 nitrogen and oxygen atoms in total. The Hall–Kier alpha value is -0.660. The molecule has 1 saturated heterocycles. The number of nitrogens with zero attached hydrogens (tertiary/aromatic N) is 1. The van der Waals surface area contributed by atoms with Crippen LogP contribution in [0.15, 0.2) is 22.7 Å². The lowest BCUT2D eigenvalue weighted by molar-refractivity contribution is 0.805. The van der Waals surface area contributed by atoms with Gasteiger partial charge in [0, 0.05) is 16.3 Å². The van der Waals surface area contributed by atoms with Crippen molar-refractivity contribution >= 4 is 33.4 Å². The van der Waals surface area contributed by atoms with Gasteiger partial charge in [0.05, 0.1) is 11.3 Å². The lowest BCUT2D eigenvalue weighted by atomic mass is 10.2. The summed E-state index contributed by atoms with van der Waals surface area (Å²) >= 11 is 5.45. The Morgan fingerprint density at radius 1 is 1.56 bits per heavy atom. The maximum absolute atomic E-state index is 8.99. The molecule has 0 bridgehead atoms. The predicted molar refractivity (Wildman–Crippen MR) is 72.8 cm³/mol. The maximum atomic E-state index is 8.99. The molecule has 1 N–H and O–H groups in total. The van der Waals surface area contributed by atoms with E-state index in [1.165, 1.54) is 18.6 Å². The first kappa shape index (κ1) is 11.8. The summed E-state index contributed by atoms with van der Waals surface area (Å²) in [6.07, 6.45) is 2.61. The first-order valence-corrected chi connectivity index (χ1v) is 7.19. The Bertz CT molecular complexity index is 408. The standard InChI is InChI=1S/C12H13BrN2S/c13-10-4-3-9(7-14)12(6-10)15-8-11-2-1-5-16-11/h3-4,6,11,15H,1-2,5,8H2. The van der Waals surface area contributed by atoms with Crippen LogP contribution in [-0.2, 0) is 0 Å². The maximum Gasteiger partial charge on any atom is 0.101 e. The van der Waals surface area contributed by atoms with Gasteiger partial charge in [-0.2, -0.15) is 17.0 Å². The molecular weight excluding hydrogens is 284 g/mol. The number of hydrogen-bond acceptors (Lipinski definition) is 3. The fraction of sp³-hybridized carbons (Fsp3) is 0.417. The van der Waals surface area contributed by atoms with E-state index in [0.717, 1.165) is 16.7 Å². The molecule has 1 aromatic rings. The van der Waals surface area contributed by atoms with E-state index < -0.39 is 0 Å². The molecule has 4 heteroatoms. The van der Waals surface area contributed by atoms with Crippen molar-refractivity contribution in [3.63, 3.8) is 0 Å². The monoisotopic (exact) mass is 296 g/mol. The SMILES string of the molecule is N#Cc1ccc(Br)cc1NCC1CCCS1. The zero-order valence-electron chi connectivity index (χ0n) is 8.87. The second-order valence-electron chi connectivity index (χ2n) is 3.82. The lowest BCUT2D eigenvalue weighted by Crippen LogP contribution is -2.14. The highest BCUT2D eigenvalue weighted by molar-refractivity contribution is 9.10. The molecule has 2 rings (SSSR count). The van der Waals surface area contributed by atoms with E-state index in [2.05, 4.69) is 27.3 Å². The molecule has 1 aliphatic rings. The van der Waals surface area contributed by atoms with Gasteiger partial charge in [0.25, 0.3) is 0 Å². The number of nitrogens with one attached hydrogen (secondary N) is 1. The van der Waals surface area contributed by atoms with Crippen molar-refractivity contribution in [2.75, 3.05) is 17.6 Å². The molecule has 1 heterocycles. The largest absolute Gasteiger partial charge is 0.383 e. The highest BCUT2D eigenvalue weighted by atomic mass is 79.9. The van der Waals surface area contributed by atoms with Gasteiger partial charge in [0.15, 0.2) is 0 Å². The Balaban J connectivity index is 2.02. The zero-order valence-corrected chi connectivity index (χ0v) is 11.3. The van der Waals surface area contributed by atoms with Crippen LogP contribution < -0.4 is 5.32 Å². The molecule has 1 atom stereocenters. The summed E-state index contributed by atoms with van der Waals surface area (Å²) in [6.45, 7) is 0.954. The van der Waals surface area contributed by atoms with Crippen LogP contribution in [0.1, 0.15) is 18.4 Å². The molecule has 0 amide bonds. The van der Waals surface area contributed by atoms with Crippen LogP contribution in [0.4, 0.5) is 5.69 Å². The number of rotatable bonds is 3. The van der Waals surface area contributed by atoms with Crippen molar-refractivity contribution in [2.24, 2.45) is 0 Å². The third-order valence-corrected chi connectivity index (χ3v) is 4.54. The molecular formula is C12H13BrN2S. The van der Waals surface area contributed by atoms with E-state index >= 15 is 0 Å². The highest BCUT2D eigenvalue weighted by Gasteiger charge is 2.15. The Kier molecular flexibility index (Phi) is 4.14. The smallest absolute Gasteiger partial charge is 0.101 e.